The van der Waals surface area contributed by atoms with E-state index in [9.17, 15) is 0 Å². The van der Waals surface area contributed by atoms with Crippen molar-refractivity contribution in [2.24, 2.45) is 0 Å². The molecule has 1 atom stereocenters. The first-order valence-electron chi connectivity index (χ1n) is 5.51. The van der Waals surface area contributed by atoms with Crippen LogP contribution in [0.1, 0.15) is 11.6 Å². The summed E-state index contributed by atoms with van der Waals surface area (Å²) in [6.07, 6.45) is 0. The molecule has 6 heteroatoms. The van der Waals surface area contributed by atoms with Gasteiger partial charge in [-0.25, -0.2) is 0 Å². The second-order valence-corrected chi connectivity index (χ2v) is 3.83. The zero-order valence-electron chi connectivity index (χ0n) is 10.6. The lowest BCUT2D eigenvalue weighted by atomic mass is 10.0. The first-order chi connectivity index (χ1) is 7.85. The smallest absolute Gasteiger partial charge is 0.161 e. The molecule has 0 bridgehead atoms. The lowest BCUT2D eigenvalue weighted by Gasteiger charge is -2.25. The molecule has 2 N–H and O–H groups in total. The van der Waals surface area contributed by atoms with Gasteiger partial charge in [-0.05, 0) is 17.7 Å². The van der Waals surface area contributed by atoms with Gasteiger partial charge in [0.05, 0.1) is 14.2 Å². The van der Waals surface area contributed by atoms with Crippen LogP contribution in [0.4, 0.5) is 0 Å². The van der Waals surface area contributed by atoms with Crippen molar-refractivity contribution in [1.29, 1.82) is 0 Å². The monoisotopic (exact) mass is 294 g/mol. The predicted molar refractivity (Wildman–Crippen MR) is 77.7 cm³/mol. The van der Waals surface area contributed by atoms with Gasteiger partial charge in [-0.2, -0.15) is 0 Å². The lowest BCUT2D eigenvalue weighted by molar-refractivity contribution is 0.353. The standard InChI is InChI=1S/C12H18N2O2.2ClH/c1-15-11-4-3-9(7-12(11)16-2)10-8-13-5-6-14-10;;/h3-4,7,10,13-14H,5-6,8H2,1-2H3;2*1H. The zero-order valence-corrected chi connectivity index (χ0v) is 12.2. The highest BCUT2D eigenvalue weighted by Crippen LogP contribution is 2.29. The number of halogens is 2. The minimum Gasteiger partial charge on any atom is -0.493 e. The average molecular weight is 295 g/mol. The van der Waals surface area contributed by atoms with Crippen molar-refractivity contribution in [2.45, 2.75) is 6.04 Å². The summed E-state index contributed by atoms with van der Waals surface area (Å²) in [6, 6.07) is 6.41. The van der Waals surface area contributed by atoms with Crippen molar-refractivity contribution in [1.82, 2.24) is 10.6 Å². The van der Waals surface area contributed by atoms with Crippen LogP contribution < -0.4 is 20.1 Å². The molecular formula is C12H20Cl2N2O2. The average Bonchev–Trinajstić information content (AvgIpc) is 2.39. The maximum Gasteiger partial charge on any atom is 0.161 e. The minimum atomic E-state index is 0. The molecule has 0 aromatic heterocycles. The fourth-order valence-electron chi connectivity index (χ4n) is 1.96. The highest BCUT2D eigenvalue weighted by atomic mass is 35.5. The van der Waals surface area contributed by atoms with Gasteiger partial charge < -0.3 is 20.1 Å². The van der Waals surface area contributed by atoms with Crippen molar-refractivity contribution >= 4 is 24.8 Å². The number of hydrogen-bond acceptors (Lipinski definition) is 4. The van der Waals surface area contributed by atoms with E-state index in [1.54, 1.807) is 14.2 Å². The van der Waals surface area contributed by atoms with E-state index in [0.29, 0.717) is 6.04 Å². The van der Waals surface area contributed by atoms with E-state index >= 15 is 0 Å². The Morgan fingerprint density at radius 1 is 1.06 bits per heavy atom. The van der Waals surface area contributed by atoms with Gasteiger partial charge in [-0.15, -0.1) is 24.8 Å². The Kier molecular flexibility index (Phi) is 8.11. The molecule has 0 saturated carbocycles. The molecule has 0 amide bonds. The molecule has 1 heterocycles. The molecule has 18 heavy (non-hydrogen) atoms. The van der Waals surface area contributed by atoms with Crippen LogP contribution in [0.2, 0.25) is 0 Å². The van der Waals surface area contributed by atoms with Gasteiger partial charge in [0.25, 0.3) is 0 Å². The second-order valence-electron chi connectivity index (χ2n) is 3.83. The summed E-state index contributed by atoms with van der Waals surface area (Å²) in [5.41, 5.74) is 1.23. The number of nitrogens with one attached hydrogen (secondary N) is 2. The molecule has 1 aliphatic heterocycles. The molecule has 2 rings (SSSR count). The third kappa shape index (κ3) is 3.92. The van der Waals surface area contributed by atoms with E-state index in [4.69, 9.17) is 9.47 Å². The van der Waals surface area contributed by atoms with Gasteiger partial charge in [0.1, 0.15) is 0 Å². The molecule has 1 aromatic carbocycles. The summed E-state index contributed by atoms with van der Waals surface area (Å²) in [4.78, 5) is 0. The summed E-state index contributed by atoms with van der Waals surface area (Å²) in [7, 11) is 3.31. The molecule has 4 nitrogen and oxygen atoms in total. The number of benzene rings is 1. The third-order valence-corrected chi connectivity index (χ3v) is 2.85. The number of ether oxygens (including phenoxy) is 2. The summed E-state index contributed by atoms with van der Waals surface area (Å²) in [5, 5.41) is 6.83. The van der Waals surface area contributed by atoms with Crippen LogP contribution in [0.3, 0.4) is 0 Å². The number of hydrogen-bond donors (Lipinski definition) is 2. The van der Waals surface area contributed by atoms with Crippen LogP contribution in [0.5, 0.6) is 11.5 Å². The lowest BCUT2D eigenvalue weighted by Crippen LogP contribution is -2.42. The van der Waals surface area contributed by atoms with Gasteiger partial charge in [-0.1, -0.05) is 6.07 Å². The fraction of sp³-hybridized carbons (Fsp3) is 0.500. The molecule has 0 aliphatic carbocycles. The topological polar surface area (TPSA) is 42.5 Å². The Labute approximate surface area is 120 Å². The number of piperazine rings is 1. The molecular weight excluding hydrogens is 275 g/mol. The summed E-state index contributed by atoms with van der Waals surface area (Å²) >= 11 is 0. The second kappa shape index (κ2) is 8.43. The fourth-order valence-corrected chi connectivity index (χ4v) is 1.96. The van der Waals surface area contributed by atoms with Crippen molar-refractivity contribution in [3.63, 3.8) is 0 Å². The van der Waals surface area contributed by atoms with E-state index in [0.717, 1.165) is 31.1 Å². The Bertz CT molecular complexity index is 358. The molecule has 104 valence electrons. The van der Waals surface area contributed by atoms with Gasteiger partial charge in [0.2, 0.25) is 0 Å². The highest BCUT2D eigenvalue weighted by Gasteiger charge is 2.15. The SMILES string of the molecule is COc1ccc(C2CNCCN2)cc1OC.Cl.Cl. The number of rotatable bonds is 3. The number of methoxy groups -OCH3 is 2. The maximum atomic E-state index is 5.29. The van der Waals surface area contributed by atoms with Crippen LogP contribution in [0.15, 0.2) is 18.2 Å². The van der Waals surface area contributed by atoms with Crippen LogP contribution in [-0.4, -0.2) is 33.9 Å². The Morgan fingerprint density at radius 2 is 1.78 bits per heavy atom. The Balaban J connectivity index is 0.00000144. The van der Waals surface area contributed by atoms with E-state index < -0.39 is 0 Å². The van der Waals surface area contributed by atoms with Crippen LogP contribution in [-0.2, 0) is 0 Å². The normalized spacial score (nSPS) is 18.2. The van der Waals surface area contributed by atoms with Crippen molar-refractivity contribution in [3.8, 4) is 11.5 Å². The zero-order chi connectivity index (χ0) is 11.4. The Hall–Kier alpha value is -0.680. The summed E-state index contributed by atoms with van der Waals surface area (Å²) in [6.45, 7) is 2.98. The van der Waals surface area contributed by atoms with E-state index in [1.165, 1.54) is 5.56 Å². The van der Waals surface area contributed by atoms with Gasteiger partial charge in [-0.3, -0.25) is 0 Å². The van der Waals surface area contributed by atoms with Gasteiger partial charge in [0, 0.05) is 25.7 Å². The third-order valence-electron chi connectivity index (χ3n) is 2.85. The van der Waals surface area contributed by atoms with Gasteiger partial charge in [0.15, 0.2) is 11.5 Å². The summed E-state index contributed by atoms with van der Waals surface area (Å²) < 4.78 is 10.5. The first kappa shape index (κ1) is 17.3. The van der Waals surface area contributed by atoms with Gasteiger partial charge >= 0.3 is 0 Å². The van der Waals surface area contributed by atoms with Crippen molar-refractivity contribution < 1.29 is 9.47 Å². The van der Waals surface area contributed by atoms with E-state index in [-0.39, 0.29) is 24.8 Å². The molecule has 0 spiro atoms. The predicted octanol–water partition coefficient (Wildman–Crippen LogP) is 1.78. The molecule has 1 aliphatic rings. The van der Waals surface area contributed by atoms with Crippen LogP contribution >= 0.6 is 24.8 Å². The van der Waals surface area contributed by atoms with Crippen LogP contribution in [0, 0.1) is 0 Å². The minimum absolute atomic E-state index is 0. The molecule has 1 saturated heterocycles. The van der Waals surface area contributed by atoms with E-state index in [1.807, 2.05) is 12.1 Å². The molecule has 1 unspecified atom stereocenters. The first-order valence-corrected chi connectivity index (χ1v) is 5.51. The molecule has 0 radical (unpaired) electrons. The van der Waals surface area contributed by atoms with Crippen molar-refractivity contribution in [2.75, 3.05) is 33.9 Å². The summed E-state index contributed by atoms with van der Waals surface area (Å²) in [5.74, 6) is 1.56. The van der Waals surface area contributed by atoms with E-state index in [2.05, 4.69) is 16.7 Å². The highest BCUT2D eigenvalue weighted by molar-refractivity contribution is 5.85. The largest absolute Gasteiger partial charge is 0.493 e. The van der Waals surface area contributed by atoms with Crippen LogP contribution in [0.25, 0.3) is 0 Å². The maximum absolute atomic E-state index is 5.29. The molecule has 1 aromatic rings. The molecule has 1 fully saturated rings. The van der Waals surface area contributed by atoms with Crippen molar-refractivity contribution in [3.05, 3.63) is 23.8 Å². The Morgan fingerprint density at radius 3 is 2.33 bits per heavy atom. The quantitative estimate of drug-likeness (QED) is 0.892.